The number of aliphatic carboxylic acids is 1. The molecule has 118 valence electrons. The second-order valence-electron chi connectivity index (χ2n) is 5.39. The average Bonchev–Trinajstić information content (AvgIpc) is 2.96. The Morgan fingerprint density at radius 3 is 2.43 bits per heavy atom. The van der Waals surface area contributed by atoms with E-state index in [9.17, 15) is 18.3 Å². The number of carbonyl (C=O) groups is 1. The summed E-state index contributed by atoms with van der Waals surface area (Å²) >= 11 is 0. The van der Waals surface area contributed by atoms with Crippen LogP contribution in [0.3, 0.4) is 0 Å². The zero-order valence-corrected chi connectivity index (χ0v) is 13.1. The lowest BCUT2D eigenvalue weighted by atomic mass is 9.77. The number of carboxylic acid groups (broad SMARTS) is 1. The highest BCUT2D eigenvalue weighted by atomic mass is 32.2. The number of hydrogen-bond acceptors (Lipinski definition) is 4. The van der Waals surface area contributed by atoms with E-state index in [1.165, 1.54) is 16.8 Å². The van der Waals surface area contributed by atoms with Crippen molar-refractivity contribution in [3.8, 4) is 0 Å². The van der Waals surface area contributed by atoms with Crippen LogP contribution >= 0.6 is 0 Å². The second-order valence-corrected chi connectivity index (χ2v) is 7.27. The zero-order valence-electron chi connectivity index (χ0n) is 12.3. The minimum atomic E-state index is -3.63. The number of rotatable bonds is 5. The highest BCUT2D eigenvalue weighted by Gasteiger charge is 2.43. The molecule has 1 saturated heterocycles. The van der Waals surface area contributed by atoms with Crippen LogP contribution in [0.15, 0.2) is 17.6 Å². The van der Waals surface area contributed by atoms with Crippen molar-refractivity contribution in [2.45, 2.75) is 44.7 Å². The van der Waals surface area contributed by atoms with E-state index in [0.717, 1.165) is 0 Å². The maximum Gasteiger partial charge on any atom is 0.309 e. The summed E-state index contributed by atoms with van der Waals surface area (Å²) in [6.45, 7) is 4.84. The van der Waals surface area contributed by atoms with Crippen molar-refractivity contribution in [3.63, 3.8) is 0 Å². The van der Waals surface area contributed by atoms with Gasteiger partial charge in [0.1, 0.15) is 0 Å². The van der Waals surface area contributed by atoms with E-state index in [1.807, 2.05) is 13.8 Å². The zero-order chi connectivity index (χ0) is 15.7. The standard InChI is InChI=1S/C13H21N3O4S/c1-3-13(12(17)18)5-7-16(8-6-13)21(19,20)11-9-15(4-2)10-14-11/h9-10H,3-8H2,1-2H3,(H,17,18). The Morgan fingerprint density at radius 1 is 1.38 bits per heavy atom. The number of piperidine rings is 1. The fraction of sp³-hybridized carbons (Fsp3) is 0.692. The van der Waals surface area contributed by atoms with Gasteiger partial charge in [-0.25, -0.2) is 13.4 Å². The summed E-state index contributed by atoms with van der Waals surface area (Å²) in [5.41, 5.74) is -0.797. The molecule has 2 heterocycles. The van der Waals surface area contributed by atoms with Gasteiger partial charge < -0.3 is 9.67 Å². The van der Waals surface area contributed by atoms with Gasteiger partial charge in [-0.15, -0.1) is 0 Å². The van der Waals surface area contributed by atoms with Crippen LogP contribution in [-0.2, 0) is 21.4 Å². The van der Waals surface area contributed by atoms with Gasteiger partial charge in [0.15, 0.2) is 5.03 Å². The van der Waals surface area contributed by atoms with Crippen LogP contribution in [0.25, 0.3) is 0 Å². The summed E-state index contributed by atoms with van der Waals surface area (Å²) < 4.78 is 28.0. The summed E-state index contributed by atoms with van der Waals surface area (Å²) in [4.78, 5) is 15.3. The molecule has 21 heavy (non-hydrogen) atoms. The van der Waals surface area contributed by atoms with Crippen LogP contribution in [0.1, 0.15) is 33.1 Å². The van der Waals surface area contributed by atoms with Crippen LogP contribution < -0.4 is 0 Å². The Labute approximate surface area is 124 Å². The van der Waals surface area contributed by atoms with Crippen LogP contribution in [0.2, 0.25) is 0 Å². The van der Waals surface area contributed by atoms with E-state index in [4.69, 9.17) is 0 Å². The summed E-state index contributed by atoms with van der Waals surface area (Å²) in [6.07, 6.45) is 4.19. The number of aryl methyl sites for hydroxylation is 1. The monoisotopic (exact) mass is 315 g/mol. The van der Waals surface area contributed by atoms with Crippen molar-refractivity contribution in [3.05, 3.63) is 12.5 Å². The maximum atomic E-state index is 12.5. The maximum absolute atomic E-state index is 12.5. The Kier molecular flexibility index (Phi) is 4.38. The van der Waals surface area contributed by atoms with E-state index < -0.39 is 21.4 Å². The Bertz CT molecular complexity index is 615. The first kappa shape index (κ1) is 16.0. The van der Waals surface area contributed by atoms with Gasteiger partial charge >= 0.3 is 5.97 Å². The fourth-order valence-corrected chi connectivity index (χ4v) is 4.03. The lowest BCUT2D eigenvalue weighted by molar-refractivity contribution is -0.151. The lowest BCUT2D eigenvalue weighted by Crippen LogP contribution is -2.46. The SMILES string of the molecule is CCn1cnc(S(=O)(=O)N2CCC(CC)(C(=O)O)CC2)c1. The Hall–Kier alpha value is -1.41. The van der Waals surface area contributed by atoms with E-state index in [1.54, 1.807) is 4.57 Å². The molecule has 1 aliphatic rings. The Morgan fingerprint density at radius 2 is 2.00 bits per heavy atom. The lowest BCUT2D eigenvalue weighted by Gasteiger charge is -2.37. The molecule has 0 bridgehead atoms. The van der Waals surface area contributed by atoms with Gasteiger partial charge in [0.05, 0.1) is 11.7 Å². The molecule has 8 heteroatoms. The molecular weight excluding hydrogens is 294 g/mol. The first-order valence-corrected chi connectivity index (χ1v) is 8.55. The number of hydrogen-bond donors (Lipinski definition) is 1. The first-order valence-electron chi connectivity index (χ1n) is 7.11. The van der Waals surface area contributed by atoms with Crippen molar-refractivity contribution < 1.29 is 18.3 Å². The van der Waals surface area contributed by atoms with Gasteiger partial charge in [-0.3, -0.25) is 4.79 Å². The van der Waals surface area contributed by atoms with Gasteiger partial charge in [-0.1, -0.05) is 6.92 Å². The molecule has 1 fully saturated rings. The number of imidazole rings is 1. The fourth-order valence-electron chi connectivity index (χ4n) is 2.65. The number of nitrogens with zero attached hydrogens (tertiary/aromatic N) is 3. The molecule has 0 spiro atoms. The second kappa shape index (κ2) is 5.76. The first-order chi connectivity index (χ1) is 9.85. The van der Waals surface area contributed by atoms with Gasteiger partial charge in [0.25, 0.3) is 10.0 Å². The van der Waals surface area contributed by atoms with Gasteiger partial charge in [-0.05, 0) is 26.2 Å². The normalized spacial score (nSPS) is 19.5. The van der Waals surface area contributed by atoms with E-state index in [2.05, 4.69) is 4.98 Å². The molecule has 1 aliphatic heterocycles. The molecule has 0 atom stereocenters. The van der Waals surface area contributed by atoms with Gasteiger partial charge in [-0.2, -0.15) is 4.31 Å². The number of aromatic nitrogens is 2. The van der Waals surface area contributed by atoms with E-state index >= 15 is 0 Å². The molecule has 1 N–H and O–H groups in total. The summed E-state index contributed by atoms with van der Waals surface area (Å²) in [5.74, 6) is -0.836. The van der Waals surface area contributed by atoms with Crippen LogP contribution in [0.4, 0.5) is 0 Å². The summed E-state index contributed by atoms with van der Waals surface area (Å²) in [6, 6.07) is 0. The van der Waals surface area contributed by atoms with Crippen molar-refractivity contribution in [1.82, 2.24) is 13.9 Å². The predicted molar refractivity (Wildman–Crippen MR) is 76.3 cm³/mol. The molecule has 0 aliphatic carbocycles. The Balaban J connectivity index is 2.16. The highest BCUT2D eigenvalue weighted by molar-refractivity contribution is 7.89. The number of carboxylic acids is 1. The quantitative estimate of drug-likeness (QED) is 0.880. The molecule has 0 aromatic carbocycles. The molecule has 0 saturated carbocycles. The van der Waals surface area contributed by atoms with E-state index in [0.29, 0.717) is 25.8 Å². The minimum absolute atomic E-state index is 0.0312. The minimum Gasteiger partial charge on any atom is -0.481 e. The third-order valence-electron chi connectivity index (χ3n) is 4.39. The third-order valence-corrected chi connectivity index (χ3v) is 6.17. The molecule has 1 aromatic heterocycles. The third kappa shape index (κ3) is 2.82. The average molecular weight is 315 g/mol. The van der Waals surface area contributed by atoms with Crippen molar-refractivity contribution in [2.24, 2.45) is 5.41 Å². The topological polar surface area (TPSA) is 92.5 Å². The molecule has 2 rings (SSSR count). The molecule has 0 unspecified atom stereocenters. The molecule has 1 aromatic rings. The van der Waals surface area contributed by atoms with Crippen molar-refractivity contribution in [2.75, 3.05) is 13.1 Å². The van der Waals surface area contributed by atoms with Crippen LogP contribution in [0, 0.1) is 5.41 Å². The number of sulfonamides is 1. The van der Waals surface area contributed by atoms with Gasteiger partial charge in [0.2, 0.25) is 0 Å². The highest BCUT2D eigenvalue weighted by Crippen LogP contribution is 2.36. The van der Waals surface area contributed by atoms with E-state index in [-0.39, 0.29) is 18.1 Å². The molecule has 7 nitrogen and oxygen atoms in total. The molecular formula is C13H21N3O4S. The summed E-state index contributed by atoms with van der Waals surface area (Å²) in [7, 11) is -3.63. The molecule has 0 amide bonds. The predicted octanol–water partition coefficient (Wildman–Crippen LogP) is 1.17. The largest absolute Gasteiger partial charge is 0.481 e. The van der Waals surface area contributed by atoms with Crippen molar-refractivity contribution in [1.29, 1.82) is 0 Å². The smallest absolute Gasteiger partial charge is 0.309 e. The molecule has 0 radical (unpaired) electrons. The van der Waals surface area contributed by atoms with Crippen LogP contribution in [0.5, 0.6) is 0 Å². The van der Waals surface area contributed by atoms with Crippen LogP contribution in [-0.4, -0.2) is 46.4 Å². The van der Waals surface area contributed by atoms with Crippen molar-refractivity contribution >= 4 is 16.0 Å². The summed E-state index contributed by atoms with van der Waals surface area (Å²) in [5, 5.41) is 9.38. The van der Waals surface area contributed by atoms with Gasteiger partial charge in [0, 0.05) is 25.8 Å².